The predicted octanol–water partition coefficient (Wildman–Crippen LogP) is 3.90. The number of hydrogen-bond donors (Lipinski definition) is 0. The van der Waals surface area contributed by atoms with Crippen molar-refractivity contribution < 1.29 is 0 Å². The molecule has 0 amide bonds. The van der Waals surface area contributed by atoms with Crippen molar-refractivity contribution in [2.75, 3.05) is 0 Å². The number of nitrogens with zero attached hydrogens (tertiary/aromatic N) is 1. The molecule has 1 nitrogen and oxygen atoms in total. The third-order valence-corrected chi connectivity index (χ3v) is 2.49. The minimum absolute atomic E-state index is 0.938. The molecule has 0 saturated heterocycles. The van der Waals surface area contributed by atoms with E-state index in [1.165, 1.54) is 10.8 Å². The highest BCUT2D eigenvalue weighted by atomic mass is 14.6. The predicted molar refractivity (Wildman–Crippen MR) is 76.1 cm³/mol. The summed E-state index contributed by atoms with van der Waals surface area (Å²) in [4.78, 5) is 4.01. The van der Waals surface area contributed by atoms with Crippen LogP contribution in [-0.4, -0.2) is 4.98 Å². The molecule has 2 aromatic carbocycles. The second-order valence-electron chi connectivity index (χ2n) is 3.73. The second kappa shape index (κ2) is 6.22. The van der Waals surface area contributed by atoms with Gasteiger partial charge in [-0.15, -0.1) is 6.42 Å². The van der Waals surface area contributed by atoms with E-state index in [1.54, 1.807) is 0 Å². The smallest absolute Gasteiger partial charge is 0.0346 e. The summed E-state index contributed by atoms with van der Waals surface area (Å²) in [5, 5.41) is 2.45. The molecule has 0 N–H and O–H groups in total. The third-order valence-electron chi connectivity index (χ3n) is 2.49. The van der Waals surface area contributed by atoms with Crippen LogP contribution >= 0.6 is 0 Å². The van der Waals surface area contributed by atoms with Crippen molar-refractivity contribution in [2.24, 2.45) is 0 Å². The van der Waals surface area contributed by atoms with Gasteiger partial charge in [0, 0.05) is 18.0 Å². The van der Waals surface area contributed by atoms with E-state index in [0.717, 1.165) is 5.56 Å². The van der Waals surface area contributed by atoms with Crippen molar-refractivity contribution in [1.82, 2.24) is 4.98 Å². The lowest BCUT2D eigenvalue weighted by molar-refractivity contribution is 1.36. The number of benzene rings is 2. The first-order valence-electron chi connectivity index (χ1n) is 5.70. The van der Waals surface area contributed by atoms with Crippen LogP contribution in [0.3, 0.4) is 0 Å². The zero-order valence-corrected chi connectivity index (χ0v) is 9.95. The molecule has 86 valence electrons. The molecule has 3 rings (SSSR count). The Balaban J connectivity index is 0.000000138. The summed E-state index contributed by atoms with van der Waals surface area (Å²) in [7, 11) is 0. The van der Waals surface area contributed by atoms with Gasteiger partial charge in [-0.3, -0.25) is 4.98 Å². The molecule has 18 heavy (non-hydrogen) atoms. The lowest BCUT2D eigenvalue weighted by Crippen LogP contribution is -1.71. The molecular weight excluding hydrogens is 218 g/mol. The van der Waals surface area contributed by atoms with Gasteiger partial charge in [0.2, 0.25) is 0 Å². The fourth-order valence-electron chi connectivity index (χ4n) is 1.56. The maximum absolute atomic E-state index is 5.10. The van der Waals surface area contributed by atoms with Gasteiger partial charge in [0.05, 0.1) is 0 Å². The number of terminal acetylenes is 1. The lowest BCUT2D eigenvalue weighted by Gasteiger charge is -1.91. The Morgan fingerprint density at radius 1 is 0.778 bits per heavy atom. The number of rotatable bonds is 0. The molecule has 0 fully saturated rings. The van der Waals surface area contributed by atoms with E-state index in [9.17, 15) is 0 Å². The SMILES string of the molecule is C#Cc1ccccc1.c1ccc2cnccc2c1. The van der Waals surface area contributed by atoms with Crippen LogP contribution in [0.1, 0.15) is 5.56 Å². The van der Waals surface area contributed by atoms with Crippen LogP contribution in [-0.2, 0) is 0 Å². The van der Waals surface area contributed by atoms with Crippen LogP contribution in [0.4, 0.5) is 0 Å². The highest BCUT2D eigenvalue weighted by Gasteiger charge is 1.86. The normalized spacial score (nSPS) is 9.06. The molecule has 0 aliphatic rings. The van der Waals surface area contributed by atoms with E-state index < -0.39 is 0 Å². The van der Waals surface area contributed by atoms with Crippen LogP contribution in [0.25, 0.3) is 10.8 Å². The van der Waals surface area contributed by atoms with Crippen molar-refractivity contribution in [2.45, 2.75) is 0 Å². The van der Waals surface area contributed by atoms with E-state index in [0.29, 0.717) is 0 Å². The topological polar surface area (TPSA) is 12.9 Å². The van der Waals surface area contributed by atoms with Crippen LogP contribution in [0.15, 0.2) is 73.1 Å². The molecule has 1 heteroatoms. The standard InChI is InChI=1S/C9H7N.C8H6/c1-2-4-9-7-10-6-5-8(9)3-1;1-2-8-6-4-3-5-7-8/h1-7H;1,3-7H. The maximum atomic E-state index is 5.10. The molecule has 1 heterocycles. The van der Waals surface area contributed by atoms with Crippen LogP contribution in [0.5, 0.6) is 0 Å². The Morgan fingerprint density at radius 2 is 1.44 bits per heavy atom. The van der Waals surface area contributed by atoms with Gasteiger partial charge in [-0.1, -0.05) is 48.4 Å². The van der Waals surface area contributed by atoms with Crippen molar-refractivity contribution in [1.29, 1.82) is 0 Å². The number of aromatic nitrogens is 1. The van der Waals surface area contributed by atoms with E-state index in [1.807, 2.05) is 60.9 Å². The second-order valence-corrected chi connectivity index (χ2v) is 3.73. The van der Waals surface area contributed by atoms with Crippen LogP contribution in [0.2, 0.25) is 0 Å². The molecule has 0 spiro atoms. The van der Waals surface area contributed by atoms with Gasteiger partial charge >= 0.3 is 0 Å². The van der Waals surface area contributed by atoms with Gasteiger partial charge in [-0.2, -0.15) is 0 Å². The summed E-state index contributed by atoms with van der Waals surface area (Å²) >= 11 is 0. The molecule has 0 saturated carbocycles. The molecule has 0 aliphatic carbocycles. The summed E-state index contributed by atoms with van der Waals surface area (Å²) in [6, 6.07) is 19.8. The van der Waals surface area contributed by atoms with E-state index >= 15 is 0 Å². The van der Waals surface area contributed by atoms with E-state index in [4.69, 9.17) is 6.42 Å². The first kappa shape index (κ1) is 11.9. The zero-order valence-electron chi connectivity index (χ0n) is 9.95. The van der Waals surface area contributed by atoms with Gasteiger partial charge in [-0.25, -0.2) is 0 Å². The van der Waals surface area contributed by atoms with Crippen molar-refractivity contribution in [3.63, 3.8) is 0 Å². The zero-order chi connectivity index (χ0) is 12.6. The highest BCUT2D eigenvalue weighted by Crippen LogP contribution is 2.09. The largest absolute Gasteiger partial charge is 0.264 e. The number of pyridine rings is 1. The van der Waals surface area contributed by atoms with Crippen LogP contribution < -0.4 is 0 Å². The molecular formula is C17H13N. The Hall–Kier alpha value is -2.59. The Kier molecular flexibility index (Phi) is 4.11. The first-order chi connectivity index (χ1) is 8.90. The van der Waals surface area contributed by atoms with Gasteiger partial charge < -0.3 is 0 Å². The average molecular weight is 231 g/mol. The number of fused-ring (bicyclic) bond motifs is 1. The maximum Gasteiger partial charge on any atom is 0.0346 e. The van der Waals surface area contributed by atoms with Crippen LogP contribution in [0, 0.1) is 12.3 Å². The molecule has 0 bridgehead atoms. The summed E-state index contributed by atoms with van der Waals surface area (Å²) in [5.41, 5.74) is 0.938. The van der Waals surface area contributed by atoms with Gasteiger partial charge in [0.15, 0.2) is 0 Å². The fourth-order valence-corrected chi connectivity index (χ4v) is 1.56. The molecule has 0 atom stereocenters. The summed E-state index contributed by atoms with van der Waals surface area (Å²) in [5.74, 6) is 2.53. The first-order valence-corrected chi connectivity index (χ1v) is 5.70. The van der Waals surface area contributed by atoms with Gasteiger partial charge in [-0.05, 0) is 29.0 Å². The van der Waals surface area contributed by atoms with Gasteiger partial charge in [0.25, 0.3) is 0 Å². The quantitative estimate of drug-likeness (QED) is 0.535. The van der Waals surface area contributed by atoms with Crippen molar-refractivity contribution in [3.05, 3.63) is 78.6 Å². The van der Waals surface area contributed by atoms with Gasteiger partial charge in [0.1, 0.15) is 0 Å². The average Bonchev–Trinajstić information content (AvgIpc) is 2.49. The Bertz CT molecular complexity index is 586. The highest BCUT2D eigenvalue weighted by molar-refractivity contribution is 5.80. The fraction of sp³-hybridized carbons (Fsp3) is 0. The minimum atomic E-state index is 0.938. The van der Waals surface area contributed by atoms with Crippen molar-refractivity contribution >= 4 is 10.8 Å². The summed E-state index contributed by atoms with van der Waals surface area (Å²) < 4.78 is 0. The third kappa shape index (κ3) is 3.20. The molecule has 0 radical (unpaired) electrons. The molecule has 0 aliphatic heterocycles. The lowest BCUT2D eigenvalue weighted by atomic mass is 10.2. The number of hydrogen-bond acceptors (Lipinski definition) is 1. The minimum Gasteiger partial charge on any atom is -0.264 e. The van der Waals surface area contributed by atoms with E-state index in [2.05, 4.69) is 23.0 Å². The molecule has 3 aromatic rings. The Morgan fingerprint density at radius 3 is 2.06 bits per heavy atom. The molecule has 1 aromatic heterocycles. The Labute approximate surface area is 107 Å². The molecule has 0 unspecified atom stereocenters. The summed E-state index contributed by atoms with van der Waals surface area (Å²) in [6.07, 6.45) is 8.78. The monoisotopic (exact) mass is 231 g/mol. The summed E-state index contributed by atoms with van der Waals surface area (Å²) in [6.45, 7) is 0. The van der Waals surface area contributed by atoms with Crippen molar-refractivity contribution in [3.8, 4) is 12.3 Å². The van der Waals surface area contributed by atoms with E-state index in [-0.39, 0.29) is 0 Å².